The van der Waals surface area contributed by atoms with Crippen molar-refractivity contribution in [3.8, 4) is 0 Å². The second-order valence-electron chi connectivity index (χ2n) is 7.38. The van der Waals surface area contributed by atoms with Gasteiger partial charge in [-0.25, -0.2) is 9.86 Å². The Hall–Kier alpha value is -1.30. The quantitative estimate of drug-likeness (QED) is 0.791. The van der Waals surface area contributed by atoms with Gasteiger partial charge in [-0.3, -0.25) is 9.63 Å². The zero-order valence-electron chi connectivity index (χ0n) is 14.2. The second-order valence-corrected chi connectivity index (χ2v) is 7.38. The Bertz CT molecular complexity index is 422. The molecule has 0 saturated heterocycles. The van der Waals surface area contributed by atoms with Gasteiger partial charge in [-0.2, -0.15) is 0 Å². The molecule has 1 N–H and O–H groups in total. The lowest BCUT2D eigenvalue weighted by Crippen LogP contribution is -2.48. The SMILES string of the molecule is CON(C)C(=O)[C@H](CC1[C@H]2CCC[C@@H]12)NC(=O)OC(C)(C)C. The lowest BCUT2D eigenvalue weighted by Gasteiger charge is -2.25. The third-order valence-electron chi connectivity index (χ3n) is 4.67. The van der Waals surface area contributed by atoms with Gasteiger partial charge in [-0.15, -0.1) is 0 Å². The molecule has 2 fully saturated rings. The molecule has 0 radical (unpaired) electrons. The molecule has 0 heterocycles. The number of hydroxylamine groups is 2. The Balaban J connectivity index is 1.95. The zero-order valence-corrected chi connectivity index (χ0v) is 14.2. The van der Waals surface area contributed by atoms with Gasteiger partial charge in [0.25, 0.3) is 5.91 Å². The number of likely N-dealkylation sites (N-methyl/N-ethyl adjacent to an activating group) is 1. The first-order valence-electron chi connectivity index (χ1n) is 8.04. The average molecular weight is 312 g/mol. The molecular formula is C16H28N2O4. The summed E-state index contributed by atoms with van der Waals surface area (Å²) in [4.78, 5) is 29.3. The molecule has 4 atom stereocenters. The third kappa shape index (κ3) is 4.12. The van der Waals surface area contributed by atoms with Crippen LogP contribution in [0.25, 0.3) is 0 Å². The van der Waals surface area contributed by atoms with Crippen LogP contribution in [0.5, 0.6) is 0 Å². The molecule has 2 aliphatic carbocycles. The van der Waals surface area contributed by atoms with E-state index in [0.29, 0.717) is 12.3 Å². The zero-order chi connectivity index (χ0) is 16.5. The first kappa shape index (κ1) is 17.1. The third-order valence-corrected chi connectivity index (χ3v) is 4.67. The number of nitrogens with zero attached hydrogens (tertiary/aromatic N) is 1. The predicted molar refractivity (Wildman–Crippen MR) is 81.9 cm³/mol. The molecule has 6 heteroatoms. The number of hydrogen-bond acceptors (Lipinski definition) is 4. The van der Waals surface area contributed by atoms with Crippen LogP contribution in [0, 0.1) is 17.8 Å². The smallest absolute Gasteiger partial charge is 0.408 e. The van der Waals surface area contributed by atoms with Crippen molar-refractivity contribution in [2.75, 3.05) is 14.2 Å². The fourth-order valence-corrected chi connectivity index (χ4v) is 3.57. The summed E-state index contributed by atoms with van der Waals surface area (Å²) in [5, 5.41) is 3.88. The molecular weight excluding hydrogens is 284 g/mol. The minimum absolute atomic E-state index is 0.238. The molecule has 0 aromatic heterocycles. The number of nitrogens with one attached hydrogen (secondary N) is 1. The number of amides is 2. The van der Waals surface area contributed by atoms with Gasteiger partial charge >= 0.3 is 6.09 Å². The minimum Gasteiger partial charge on any atom is -0.444 e. The number of rotatable bonds is 5. The Kier molecular flexibility index (Phi) is 5.00. The van der Waals surface area contributed by atoms with E-state index in [9.17, 15) is 9.59 Å². The Morgan fingerprint density at radius 1 is 1.27 bits per heavy atom. The summed E-state index contributed by atoms with van der Waals surface area (Å²) >= 11 is 0. The first-order chi connectivity index (χ1) is 10.2. The molecule has 0 aliphatic heterocycles. The fourth-order valence-electron chi connectivity index (χ4n) is 3.57. The van der Waals surface area contributed by atoms with Crippen molar-refractivity contribution in [3.05, 3.63) is 0 Å². The van der Waals surface area contributed by atoms with Crippen molar-refractivity contribution in [2.45, 2.75) is 58.1 Å². The number of alkyl carbamates (subject to hydrolysis) is 1. The minimum atomic E-state index is -0.588. The van der Waals surface area contributed by atoms with E-state index < -0.39 is 17.7 Å². The standard InChI is InChI=1S/C16H28N2O4/c1-16(2,3)22-15(20)17-13(14(19)18(4)21-5)9-12-10-7-6-8-11(10)12/h10-13H,6-9H2,1-5H3,(H,17,20)/t10-,11+,12?,13-/m0/s1. The van der Waals surface area contributed by atoms with Crippen molar-refractivity contribution >= 4 is 12.0 Å². The van der Waals surface area contributed by atoms with Crippen molar-refractivity contribution in [1.29, 1.82) is 0 Å². The van der Waals surface area contributed by atoms with E-state index in [1.54, 1.807) is 27.8 Å². The first-order valence-corrected chi connectivity index (χ1v) is 8.04. The summed E-state index contributed by atoms with van der Waals surface area (Å²) < 4.78 is 5.27. The molecule has 2 aliphatic rings. The van der Waals surface area contributed by atoms with E-state index >= 15 is 0 Å². The molecule has 0 bridgehead atoms. The highest BCUT2D eigenvalue weighted by molar-refractivity contribution is 5.85. The number of fused-ring (bicyclic) bond motifs is 1. The van der Waals surface area contributed by atoms with Crippen LogP contribution in [0.4, 0.5) is 4.79 Å². The van der Waals surface area contributed by atoms with Gasteiger partial charge in [0.05, 0.1) is 7.11 Å². The molecule has 2 saturated carbocycles. The maximum Gasteiger partial charge on any atom is 0.408 e. The highest BCUT2D eigenvalue weighted by Crippen LogP contribution is 2.59. The number of carbonyl (C=O) groups is 2. The highest BCUT2D eigenvalue weighted by atomic mass is 16.7. The van der Waals surface area contributed by atoms with E-state index in [1.165, 1.54) is 31.4 Å². The van der Waals surface area contributed by atoms with Crippen LogP contribution < -0.4 is 5.32 Å². The largest absolute Gasteiger partial charge is 0.444 e. The molecule has 22 heavy (non-hydrogen) atoms. The van der Waals surface area contributed by atoms with Gasteiger partial charge in [-0.05, 0) is 57.8 Å². The molecule has 0 aromatic rings. The van der Waals surface area contributed by atoms with E-state index in [2.05, 4.69) is 5.32 Å². The van der Waals surface area contributed by atoms with Crippen molar-refractivity contribution < 1.29 is 19.2 Å². The van der Waals surface area contributed by atoms with Crippen LogP contribution in [0.1, 0.15) is 46.5 Å². The van der Waals surface area contributed by atoms with Gasteiger partial charge < -0.3 is 10.1 Å². The summed E-state index contributed by atoms with van der Waals surface area (Å²) in [7, 11) is 2.99. The molecule has 126 valence electrons. The van der Waals surface area contributed by atoms with Gasteiger partial charge in [0.2, 0.25) is 0 Å². The van der Waals surface area contributed by atoms with Crippen LogP contribution >= 0.6 is 0 Å². The van der Waals surface area contributed by atoms with Crippen LogP contribution in [-0.4, -0.2) is 42.9 Å². The van der Waals surface area contributed by atoms with Gasteiger partial charge in [0, 0.05) is 7.05 Å². The summed E-state index contributed by atoms with van der Waals surface area (Å²) in [5.41, 5.74) is -0.582. The lowest BCUT2D eigenvalue weighted by molar-refractivity contribution is -0.171. The number of ether oxygens (including phenoxy) is 1. The Morgan fingerprint density at radius 3 is 2.36 bits per heavy atom. The molecule has 0 aromatic carbocycles. The number of carbonyl (C=O) groups excluding carboxylic acids is 2. The maximum absolute atomic E-state index is 12.4. The monoisotopic (exact) mass is 312 g/mol. The normalized spacial score (nSPS) is 27.8. The second kappa shape index (κ2) is 6.44. The fraction of sp³-hybridized carbons (Fsp3) is 0.875. The van der Waals surface area contributed by atoms with Crippen molar-refractivity contribution in [3.63, 3.8) is 0 Å². The predicted octanol–water partition coefficient (Wildman–Crippen LogP) is 2.34. The Morgan fingerprint density at radius 2 is 1.86 bits per heavy atom. The molecule has 6 nitrogen and oxygen atoms in total. The topological polar surface area (TPSA) is 67.9 Å². The van der Waals surface area contributed by atoms with Gasteiger partial charge in [0.1, 0.15) is 11.6 Å². The van der Waals surface area contributed by atoms with Crippen LogP contribution in [0.3, 0.4) is 0 Å². The Labute approximate surface area is 132 Å². The van der Waals surface area contributed by atoms with Crippen LogP contribution in [0.15, 0.2) is 0 Å². The summed E-state index contributed by atoms with van der Waals surface area (Å²) in [6, 6.07) is -0.588. The molecule has 0 spiro atoms. The van der Waals surface area contributed by atoms with Crippen LogP contribution in [-0.2, 0) is 14.4 Å². The molecule has 2 rings (SSSR count). The van der Waals surface area contributed by atoms with Gasteiger partial charge in [0.15, 0.2) is 0 Å². The van der Waals surface area contributed by atoms with Crippen molar-refractivity contribution in [1.82, 2.24) is 10.4 Å². The lowest BCUT2D eigenvalue weighted by atomic mass is 10.0. The van der Waals surface area contributed by atoms with E-state index in [1.807, 2.05) is 0 Å². The van der Waals surface area contributed by atoms with Crippen molar-refractivity contribution in [2.24, 2.45) is 17.8 Å². The van der Waals surface area contributed by atoms with Gasteiger partial charge in [-0.1, -0.05) is 6.42 Å². The van der Waals surface area contributed by atoms with E-state index in [-0.39, 0.29) is 5.91 Å². The summed E-state index contributed by atoms with van der Waals surface area (Å²) in [6.07, 6.45) is 3.91. The molecule has 2 amide bonds. The van der Waals surface area contributed by atoms with E-state index in [0.717, 1.165) is 11.8 Å². The van der Waals surface area contributed by atoms with E-state index in [4.69, 9.17) is 9.57 Å². The average Bonchev–Trinajstić information content (AvgIpc) is 2.85. The summed E-state index contributed by atoms with van der Waals surface area (Å²) in [6.45, 7) is 5.40. The maximum atomic E-state index is 12.4. The highest BCUT2D eigenvalue weighted by Gasteiger charge is 2.53. The van der Waals surface area contributed by atoms with Crippen LogP contribution in [0.2, 0.25) is 0 Å². The summed E-state index contributed by atoms with van der Waals surface area (Å²) in [5.74, 6) is 1.79. The molecule has 1 unspecified atom stereocenters. The number of hydrogen-bond donors (Lipinski definition) is 1.